The number of nitrogens with one attached hydrogen (secondary N) is 1. The lowest BCUT2D eigenvalue weighted by Crippen LogP contribution is -2.34. The van der Waals surface area contributed by atoms with Crippen molar-refractivity contribution < 1.29 is 15.0 Å². The van der Waals surface area contributed by atoms with Crippen molar-refractivity contribution >= 4 is 29.3 Å². The molecule has 0 spiro atoms. The Kier molecular flexibility index (Phi) is 4.41. The second kappa shape index (κ2) is 5.39. The number of carbonyl (C=O) groups is 1. The topological polar surface area (TPSA) is 69.6 Å². The molecule has 3 N–H and O–H groups in total. The van der Waals surface area contributed by atoms with Crippen molar-refractivity contribution in [1.29, 1.82) is 0 Å². The lowest BCUT2D eigenvalue weighted by atomic mass is 10.0. The Bertz CT molecular complexity index is 375. The van der Waals surface area contributed by atoms with E-state index in [1.54, 1.807) is 18.2 Å². The number of carboxylic acid groups (broad SMARTS) is 1. The Morgan fingerprint density at radius 1 is 1.38 bits per heavy atom. The lowest BCUT2D eigenvalue weighted by molar-refractivity contribution is 0.134. The van der Waals surface area contributed by atoms with E-state index < -0.39 is 18.2 Å². The highest BCUT2D eigenvalue weighted by atomic mass is 35.5. The highest BCUT2D eigenvalue weighted by molar-refractivity contribution is 6.36. The molecule has 0 aliphatic rings. The monoisotopic (exact) mass is 263 g/mol. The van der Waals surface area contributed by atoms with Gasteiger partial charge in [-0.3, -0.25) is 0 Å². The predicted molar refractivity (Wildman–Crippen MR) is 62.0 cm³/mol. The Balaban J connectivity index is 3.15. The van der Waals surface area contributed by atoms with Crippen LogP contribution in [0, 0.1) is 0 Å². The van der Waals surface area contributed by atoms with E-state index in [0.29, 0.717) is 15.6 Å². The molecule has 0 radical (unpaired) electrons. The SMILES string of the molecule is CC(O)C(NC(=O)O)c1c(Cl)cccc1Cl. The van der Waals surface area contributed by atoms with Crippen molar-refractivity contribution in [2.45, 2.75) is 19.1 Å². The van der Waals surface area contributed by atoms with Gasteiger partial charge in [0.05, 0.1) is 12.1 Å². The molecule has 0 saturated carbocycles. The van der Waals surface area contributed by atoms with E-state index in [1.807, 2.05) is 0 Å². The van der Waals surface area contributed by atoms with E-state index in [1.165, 1.54) is 6.92 Å². The minimum atomic E-state index is -1.25. The lowest BCUT2D eigenvalue weighted by Gasteiger charge is -2.22. The number of aliphatic hydroxyl groups excluding tert-OH is 1. The van der Waals surface area contributed by atoms with Gasteiger partial charge in [0.1, 0.15) is 0 Å². The van der Waals surface area contributed by atoms with Gasteiger partial charge in [-0.2, -0.15) is 0 Å². The first kappa shape index (κ1) is 13.1. The number of hydrogen-bond donors (Lipinski definition) is 3. The molecule has 0 bridgehead atoms. The third-order valence-electron chi connectivity index (χ3n) is 2.07. The summed E-state index contributed by atoms with van der Waals surface area (Å²) in [6, 6.07) is 3.97. The molecule has 16 heavy (non-hydrogen) atoms. The van der Waals surface area contributed by atoms with E-state index in [9.17, 15) is 9.90 Å². The molecule has 1 aromatic rings. The van der Waals surface area contributed by atoms with Gasteiger partial charge in [0.2, 0.25) is 0 Å². The molecule has 1 aromatic carbocycles. The third-order valence-corrected chi connectivity index (χ3v) is 2.73. The number of rotatable bonds is 3. The van der Waals surface area contributed by atoms with Gasteiger partial charge < -0.3 is 15.5 Å². The predicted octanol–water partition coefficient (Wildman–Crippen LogP) is 2.68. The molecule has 1 rings (SSSR count). The van der Waals surface area contributed by atoms with Gasteiger partial charge in [-0.25, -0.2) is 4.79 Å². The minimum absolute atomic E-state index is 0.312. The number of benzene rings is 1. The molecule has 0 fully saturated rings. The number of amides is 1. The van der Waals surface area contributed by atoms with Crippen LogP contribution in [0.4, 0.5) is 4.79 Å². The van der Waals surface area contributed by atoms with Crippen LogP contribution >= 0.6 is 23.2 Å². The van der Waals surface area contributed by atoms with Crippen molar-refractivity contribution in [2.75, 3.05) is 0 Å². The van der Waals surface area contributed by atoms with Crippen LogP contribution in [-0.4, -0.2) is 22.4 Å². The van der Waals surface area contributed by atoms with Gasteiger partial charge in [0.25, 0.3) is 0 Å². The first-order valence-electron chi connectivity index (χ1n) is 4.55. The Morgan fingerprint density at radius 2 is 1.88 bits per heavy atom. The molecular weight excluding hydrogens is 253 g/mol. The van der Waals surface area contributed by atoms with Crippen LogP contribution in [0.1, 0.15) is 18.5 Å². The average molecular weight is 264 g/mol. The first-order valence-corrected chi connectivity index (χ1v) is 5.30. The standard InChI is InChI=1S/C10H11Cl2NO3/c1-5(14)9(13-10(15)16)8-6(11)3-2-4-7(8)12/h2-5,9,13-14H,1H3,(H,15,16). The first-order chi connectivity index (χ1) is 7.43. The fraction of sp³-hybridized carbons (Fsp3) is 0.300. The summed E-state index contributed by atoms with van der Waals surface area (Å²) >= 11 is 11.8. The van der Waals surface area contributed by atoms with Gasteiger partial charge in [-0.1, -0.05) is 29.3 Å². The van der Waals surface area contributed by atoms with Crippen molar-refractivity contribution in [1.82, 2.24) is 5.32 Å². The minimum Gasteiger partial charge on any atom is -0.465 e. The summed E-state index contributed by atoms with van der Waals surface area (Å²) in [6.07, 6.45) is -2.18. The average Bonchev–Trinajstić information content (AvgIpc) is 2.15. The van der Waals surface area contributed by atoms with Crippen LogP contribution < -0.4 is 5.32 Å². The largest absolute Gasteiger partial charge is 0.465 e. The van der Waals surface area contributed by atoms with Crippen LogP contribution in [0.3, 0.4) is 0 Å². The fourth-order valence-electron chi connectivity index (χ4n) is 1.37. The normalized spacial score (nSPS) is 14.2. The molecule has 2 atom stereocenters. The van der Waals surface area contributed by atoms with Crippen LogP contribution in [-0.2, 0) is 0 Å². The number of hydrogen-bond acceptors (Lipinski definition) is 2. The molecule has 0 saturated heterocycles. The Morgan fingerprint density at radius 3 is 2.25 bits per heavy atom. The molecular formula is C10H11Cl2NO3. The molecule has 88 valence electrons. The summed E-state index contributed by atoms with van der Waals surface area (Å²) in [6.45, 7) is 1.46. The smallest absolute Gasteiger partial charge is 0.405 e. The van der Waals surface area contributed by atoms with Gasteiger partial charge in [-0.15, -0.1) is 0 Å². The molecule has 6 heteroatoms. The highest BCUT2D eigenvalue weighted by Gasteiger charge is 2.24. The van der Waals surface area contributed by atoms with Crippen molar-refractivity contribution in [3.63, 3.8) is 0 Å². The van der Waals surface area contributed by atoms with Crippen LogP contribution in [0.5, 0.6) is 0 Å². The summed E-state index contributed by atoms with van der Waals surface area (Å²) in [5.74, 6) is 0. The maximum Gasteiger partial charge on any atom is 0.405 e. The Hall–Kier alpha value is -0.970. The number of halogens is 2. The molecule has 2 unspecified atom stereocenters. The van der Waals surface area contributed by atoms with E-state index in [2.05, 4.69) is 5.32 Å². The van der Waals surface area contributed by atoms with Gasteiger partial charge in [0.15, 0.2) is 0 Å². The Labute approximate surface area is 103 Å². The summed E-state index contributed by atoms with van der Waals surface area (Å²) in [5, 5.41) is 21.0. The van der Waals surface area contributed by atoms with Gasteiger partial charge >= 0.3 is 6.09 Å². The second-order valence-electron chi connectivity index (χ2n) is 3.30. The summed E-state index contributed by atoms with van der Waals surface area (Å²) in [7, 11) is 0. The van der Waals surface area contributed by atoms with E-state index in [4.69, 9.17) is 28.3 Å². The molecule has 0 aromatic heterocycles. The van der Waals surface area contributed by atoms with E-state index in [0.717, 1.165) is 0 Å². The third kappa shape index (κ3) is 3.01. The summed E-state index contributed by atoms with van der Waals surface area (Å²) < 4.78 is 0. The van der Waals surface area contributed by atoms with Gasteiger partial charge in [0, 0.05) is 15.6 Å². The maximum atomic E-state index is 10.6. The molecule has 0 heterocycles. The van der Waals surface area contributed by atoms with Crippen LogP contribution in [0.15, 0.2) is 18.2 Å². The van der Waals surface area contributed by atoms with Crippen LogP contribution in [0.2, 0.25) is 10.0 Å². The quantitative estimate of drug-likeness (QED) is 0.786. The van der Waals surface area contributed by atoms with Crippen LogP contribution in [0.25, 0.3) is 0 Å². The second-order valence-corrected chi connectivity index (χ2v) is 4.12. The number of aliphatic hydroxyl groups is 1. The molecule has 1 amide bonds. The van der Waals surface area contributed by atoms with Crippen molar-refractivity contribution in [3.05, 3.63) is 33.8 Å². The van der Waals surface area contributed by atoms with Gasteiger partial charge in [-0.05, 0) is 19.1 Å². The molecule has 0 aliphatic heterocycles. The van der Waals surface area contributed by atoms with Crippen molar-refractivity contribution in [3.8, 4) is 0 Å². The zero-order chi connectivity index (χ0) is 12.3. The zero-order valence-electron chi connectivity index (χ0n) is 8.45. The molecule has 4 nitrogen and oxygen atoms in total. The maximum absolute atomic E-state index is 10.6. The zero-order valence-corrected chi connectivity index (χ0v) is 9.96. The van der Waals surface area contributed by atoms with Crippen molar-refractivity contribution in [2.24, 2.45) is 0 Å². The van der Waals surface area contributed by atoms with E-state index >= 15 is 0 Å². The molecule has 0 aliphatic carbocycles. The summed E-state index contributed by atoms with van der Waals surface area (Å²) in [4.78, 5) is 10.6. The van der Waals surface area contributed by atoms with E-state index in [-0.39, 0.29) is 0 Å². The fourth-order valence-corrected chi connectivity index (χ4v) is 2.01. The highest BCUT2D eigenvalue weighted by Crippen LogP contribution is 2.31. The summed E-state index contributed by atoms with van der Waals surface area (Å²) in [5.41, 5.74) is 0.378.